The van der Waals surface area contributed by atoms with Crippen LogP contribution in [0.15, 0.2) is 16.9 Å². The van der Waals surface area contributed by atoms with Crippen molar-refractivity contribution in [2.45, 2.75) is 38.3 Å². The standard InChI is InChI=1S/C14H20N2O2/c15-12(11-6-7-18-9-11)8-16-13-3-1-2-10(13)4-5-14(16)17/h4-5,11-12H,1-3,6-9,15H2. The highest BCUT2D eigenvalue weighted by Gasteiger charge is 2.25. The van der Waals surface area contributed by atoms with Gasteiger partial charge in [0, 0.05) is 36.9 Å². The first kappa shape index (κ1) is 11.9. The molecule has 2 aliphatic rings. The van der Waals surface area contributed by atoms with Gasteiger partial charge in [-0.25, -0.2) is 0 Å². The highest BCUT2D eigenvalue weighted by atomic mass is 16.5. The molecule has 0 spiro atoms. The molecule has 2 N–H and O–H groups in total. The van der Waals surface area contributed by atoms with Gasteiger partial charge >= 0.3 is 0 Å². The van der Waals surface area contributed by atoms with E-state index in [0.717, 1.165) is 38.9 Å². The molecule has 1 fully saturated rings. The van der Waals surface area contributed by atoms with E-state index in [-0.39, 0.29) is 11.6 Å². The van der Waals surface area contributed by atoms with Gasteiger partial charge in [-0.3, -0.25) is 4.79 Å². The first-order chi connectivity index (χ1) is 8.75. The van der Waals surface area contributed by atoms with Crippen LogP contribution in [-0.4, -0.2) is 23.8 Å². The van der Waals surface area contributed by atoms with Crippen LogP contribution < -0.4 is 11.3 Å². The summed E-state index contributed by atoms with van der Waals surface area (Å²) >= 11 is 0. The molecule has 0 radical (unpaired) electrons. The number of hydrogen-bond donors (Lipinski definition) is 1. The van der Waals surface area contributed by atoms with Crippen molar-refractivity contribution in [3.8, 4) is 0 Å². The Hall–Kier alpha value is -1.13. The van der Waals surface area contributed by atoms with Gasteiger partial charge in [0.25, 0.3) is 5.56 Å². The number of aryl methyl sites for hydroxylation is 1. The molecule has 0 saturated carbocycles. The van der Waals surface area contributed by atoms with E-state index in [1.165, 1.54) is 11.3 Å². The molecule has 3 rings (SSSR count). The monoisotopic (exact) mass is 248 g/mol. The van der Waals surface area contributed by atoms with Gasteiger partial charge in [0.2, 0.25) is 0 Å². The Morgan fingerprint density at radius 1 is 1.44 bits per heavy atom. The summed E-state index contributed by atoms with van der Waals surface area (Å²) in [6, 6.07) is 3.69. The molecule has 4 nitrogen and oxygen atoms in total. The van der Waals surface area contributed by atoms with Crippen LogP contribution >= 0.6 is 0 Å². The van der Waals surface area contributed by atoms with E-state index in [9.17, 15) is 4.79 Å². The smallest absolute Gasteiger partial charge is 0.250 e. The van der Waals surface area contributed by atoms with Crippen LogP contribution in [0.1, 0.15) is 24.1 Å². The second kappa shape index (κ2) is 4.86. The topological polar surface area (TPSA) is 57.2 Å². The van der Waals surface area contributed by atoms with Gasteiger partial charge in [0.05, 0.1) is 6.61 Å². The Bertz CT molecular complexity index is 489. The van der Waals surface area contributed by atoms with E-state index in [0.29, 0.717) is 12.5 Å². The van der Waals surface area contributed by atoms with Crippen LogP contribution in [0.4, 0.5) is 0 Å². The van der Waals surface area contributed by atoms with Crippen LogP contribution in [0, 0.1) is 5.92 Å². The zero-order chi connectivity index (χ0) is 12.5. The highest BCUT2D eigenvalue weighted by molar-refractivity contribution is 5.25. The lowest BCUT2D eigenvalue weighted by atomic mass is 9.99. The maximum absolute atomic E-state index is 12.0. The molecule has 0 aromatic carbocycles. The van der Waals surface area contributed by atoms with Gasteiger partial charge in [0.15, 0.2) is 0 Å². The Morgan fingerprint density at radius 3 is 3.11 bits per heavy atom. The molecular weight excluding hydrogens is 228 g/mol. The lowest BCUT2D eigenvalue weighted by Gasteiger charge is -2.21. The molecule has 1 aromatic rings. The van der Waals surface area contributed by atoms with Crippen molar-refractivity contribution in [3.63, 3.8) is 0 Å². The van der Waals surface area contributed by atoms with E-state index in [1.54, 1.807) is 6.07 Å². The summed E-state index contributed by atoms with van der Waals surface area (Å²) in [4.78, 5) is 12.0. The summed E-state index contributed by atoms with van der Waals surface area (Å²) in [5.41, 5.74) is 8.85. The average molecular weight is 248 g/mol. The third-order valence-corrected chi connectivity index (χ3v) is 4.21. The summed E-state index contributed by atoms with van der Waals surface area (Å²) < 4.78 is 7.27. The van der Waals surface area contributed by atoms with E-state index in [1.807, 2.05) is 10.6 Å². The van der Waals surface area contributed by atoms with Crippen LogP contribution in [0.2, 0.25) is 0 Å². The molecule has 0 amide bonds. The summed E-state index contributed by atoms with van der Waals surface area (Å²) in [5.74, 6) is 0.397. The van der Waals surface area contributed by atoms with Crippen LogP contribution in [0.5, 0.6) is 0 Å². The van der Waals surface area contributed by atoms with Crippen molar-refractivity contribution in [2.24, 2.45) is 11.7 Å². The zero-order valence-electron chi connectivity index (χ0n) is 10.6. The third kappa shape index (κ3) is 2.10. The molecule has 0 bridgehead atoms. The first-order valence-corrected chi connectivity index (χ1v) is 6.80. The predicted octanol–water partition coefficient (Wildman–Crippen LogP) is 0.701. The largest absolute Gasteiger partial charge is 0.381 e. The molecule has 1 aliphatic heterocycles. The van der Waals surface area contributed by atoms with Crippen LogP contribution in [0.3, 0.4) is 0 Å². The summed E-state index contributed by atoms with van der Waals surface area (Å²) in [6.45, 7) is 2.18. The maximum atomic E-state index is 12.0. The van der Waals surface area contributed by atoms with Gasteiger partial charge in [0.1, 0.15) is 0 Å². The Balaban J connectivity index is 1.84. The van der Waals surface area contributed by atoms with Crippen molar-refractivity contribution in [3.05, 3.63) is 33.7 Å². The molecule has 18 heavy (non-hydrogen) atoms. The SMILES string of the molecule is NC(Cn1c2c(ccc1=O)CCC2)C1CCOC1. The van der Waals surface area contributed by atoms with Crippen molar-refractivity contribution in [1.29, 1.82) is 0 Å². The molecular formula is C14H20N2O2. The molecule has 1 aliphatic carbocycles. The van der Waals surface area contributed by atoms with E-state index in [4.69, 9.17) is 10.5 Å². The van der Waals surface area contributed by atoms with E-state index < -0.39 is 0 Å². The maximum Gasteiger partial charge on any atom is 0.250 e. The van der Waals surface area contributed by atoms with E-state index in [2.05, 4.69) is 0 Å². The quantitative estimate of drug-likeness (QED) is 0.856. The number of rotatable bonds is 3. The average Bonchev–Trinajstić information content (AvgIpc) is 3.02. The fourth-order valence-corrected chi connectivity index (χ4v) is 3.08. The minimum Gasteiger partial charge on any atom is -0.381 e. The van der Waals surface area contributed by atoms with Gasteiger partial charge in [-0.2, -0.15) is 0 Å². The zero-order valence-corrected chi connectivity index (χ0v) is 10.6. The van der Waals surface area contributed by atoms with Crippen molar-refractivity contribution >= 4 is 0 Å². The van der Waals surface area contributed by atoms with Gasteiger partial charge in [-0.1, -0.05) is 6.07 Å². The molecule has 2 heterocycles. The minimum atomic E-state index is 0.0253. The number of pyridine rings is 1. The molecule has 98 valence electrons. The molecule has 2 atom stereocenters. The molecule has 2 unspecified atom stereocenters. The number of ether oxygens (including phenoxy) is 1. The number of fused-ring (bicyclic) bond motifs is 1. The molecule has 1 saturated heterocycles. The lowest BCUT2D eigenvalue weighted by Crippen LogP contribution is -2.39. The van der Waals surface area contributed by atoms with E-state index >= 15 is 0 Å². The Morgan fingerprint density at radius 2 is 2.33 bits per heavy atom. The Kier molecular flexibility index (Phi) is 3.22. The fourth-order valence-electron chi connectivity index (χ4n) is 3.08. The van der Waals surface area contributed by atoms with Gasteiger partial charge in [-0.05, 0) is 31.2 Å². The third-order valence-electron chi connectivity index (χ3n) is 4.21. The summed E-state index contributed by atoms with van der Waals surface area (Å²) in [6.07, 6.45) is 4.28. The van der Waals surface area contributed by atoms with Gasteiger partial charge in [-0.15, -0.1) is 0 Å². The Labute approximate surface area is 107 Å². The van der Waals surface area contributed by atoms with Crippen LogP contribution in [-0.2, 0) is 24.1 Å². The number of aromatic nitrogens is 1. The lowest BCUT2D eigenvalue weighted by molar-refractivity contribution is 0.178. The number of hydrogen-bond acceptors (Lipinski definition) is 3. The van der Waals surface area contributed by atoms with Gasteiger partial charge < -0.3 is 15.0 Å². The fraction of sp³-hybridized carbons (Fsp3) is 0.643. The number of nitrogens with zero attached hydrogens (tertiary/aromatic N) is 1. The second-order valence-electron chi connectivity index (χ2n) is 5.40. The van der Waals surface area contributed by atoms with Crippen LogP contribution in [0.25, 0.3) is 0 Å². The van der Waals surface area contributed by atoms with Crippen molar-refractivity contribution < 1.29 is 4.74 Å². The molecule has 4 heteroatoms. The van der Waals surface area contributed by atoms with Crippen molar-refractivity contribution in [1.82, 2.24) is 4.57 Å². The summed E-state index contributed by atoms with van der Waals surface area (Å²) in [5, 5.41) is 0. The summed E-state index contributed by atoms with van der Waals surface area (Å²) in [7, 11) is 0. The minimum absolute atomic E-state index is 0.0253. The van der Waals surface area contributed by atoms with Crippen molar-refractivity contribution in [2.75, 3.05) is 13.2 Å². The second-order valence-corrected chi connectivity index (χ2v) is 5.40. The normalized spacial score (nSPS) is 24.2. The molecule has 1 aromatic heterocycles. The number of nitrogens with two attached hydrogens (primary N) is 1. The highest BCUT2D eigenvalue weighted by Crippen LogP contribution is 2.22. The first-order valence-electron chi connectivity index (χ1n) is 6.80. The predicted molar refractivity (Wildman–Crippen MR) is 69.6 cm³/mol.